The highest BCUT2D eigenvalue weighted by atomic mass is 16.5. The number of aryl methyl sites for hydroxylation is 1. The van der Waals surface area contributed by atoms with Crippen LogP contribution in [0.3, 0.4) is 0 Å². The normalized spacial score (nSPS) is 14.4. The summed E-state index contributed by atoms with van der Waals surface area (Å²) in [5.74, 6) is 4.31. The Morgan fingerprint density at radius 2 is 1.71 bits per heavy atom. The predicted molar refractivity (Wildman–Crippen MR) is 146 cm³/mol. The highest BCUT2D eigenvalue weighted by molar-refractivity contribution is 5.92. The van der Waals surface area contributed by atoms with Crippen LogP contribution in [0.2, 0.25) is 0 Å². The molecule has 38 heavy (non-hydrogen) atoms. The van der Waals surface area contributed by atoms with Crippen LogP contribution in [-0.2, 0) is 19.4 Å². The molecule has 0 N–H and O–H groups in total. The van der Waals surface area contributed by atoms with Gasteiger partial charge in [0.15, 0.2) is 11.5 Å². The molecular formula is C31H33N3O4. The smallest absolute Gasteiger partial charge is 0.273 e. The molecule has 196 valence electrons. The molecule has 0 unspecified atom stereocenters. The van der Waals surface area contributed by atoms with E-state index in [1.54, 1.807) is 19.1 Å². The van der Waals surface area contributed by atoms with Gasteiger partial charge in [0.05, 0.1) is 14.2 Å². The van der Waals surface area contributed by atoms with E-state index < -0.39 is 0 Å². The average Bonchev–Trinajstić information content (AvgIpc) is 3.40. The van der Waals surface area contributed by atoms with Crippen molar-refractivity contribution < 1.29 is 19.0 Å². The fourth-order valence-electron chi connectivity index (χ4n) is 4.88. The van der Waals surface area contributed by atoms with Crippen molar-refractivity contribution in [2.45, 2.75) is 31.7 Å². The number of likely N-dealkylation sites (N-methyl/N-ethyl adjacent to an activating group) is 1. The Morgan fingerprint density at radius 3 is 2.45 bits per heavy atom. The molecule has 0 radical (unpaired) electrons. The van der Waals surface area contributed by atoms with E-state index in [4.69, 9.17) is 14.2 Å². The third-order valence-electron chi connectivity index (χ3n) is 7.07. The molecule has 1 aliphatic heterocycles. The number of carbonyl (C=O) groups is 1. The first-order valence-corrected chi connectivity index (χ1v) is 12.9. The highest BCUT2D eigenvalue weighted by Gasteiger charge is 2.24. The van der Waals surface area contributed by atoms with Crippen molar-refractivity contribution in [3.8, 4) is 23.0 Å². The molecule has 1 aliphatic rings. The Kier molecular flexibility index (Phi) is 7.63. The molecular weight excluding hydrogens is 478 g/mol. The minimum absolute atomic E-state index is 0.0636. The Balaban J connectivity index is 1.19. The second kappa shape index (κ2) is 11.4. The van der Waals surface area contributed by atoms with Gasteiger partial charge < -0.3 is 23.7 Å². The summed E-state index contributed by atoms with van der Waals surface area (Å²) in [6.07, 6.45) is 4.46. The van der Waals surface area contributed by atoms with Gasteiger partial charge in [-0.15, -0.1) is 0 Å². The van der Waals surface area contributed by atoms with Crippen molar-refractivity contribution in [2.75, 3.05) is 27.8 Å². The van der Waals surface area contributed by atoms with Crippen LogP contribution in [0.5, 0.6) is 23.0 Å². The number of aromatic nitrogens is 2. The van der Waals surface area contributed by atoms with Gasteiger partial charge in [0.25, 0.3) is 5.91 Å². The zero-order chi connectivity index (χ0) is 26.5. The molecule has 3 aromatic carbocycles. The van der Waals surface area contributed by atoms with Crippen LogP contribution in [0.1, 0.15) is 39.8 Å². The van der Waals surface area contributed by atoms with Gasteiger partial charge in [-0.2, -0.15) is 0 Å². The number of nitrogens with zero attached hydrogens (tertiary/aromatic N) is 3. The second-order valence-electron chi connectivity index (χ2n) is 9.58. The Bertz CT molecular complexity index is 1380. The van der Waals surface area contributed by atoms with Crippen LogP contribution in [-0.4, -0.2) is 48.2 Å². The third kappa shape index (κ3) is 5.67. The van der Waals surface area contributed by atoms with Gasteiger partial charge in [-0.25, -0.2) is 4.98 Å². The molecule has 1 amide bonds. The molecule has 4 aromatic rings. The summed E-state index contributed by atoms with van der Waals surface area (Å²) < 4.78 is 18.8. The number of hydrogen-bond acceptors (Lipinski definition) is 5. The summed E-state index contributed by atoms with van der Waals surface area (Å²) in [6, 6.07) is 23.9. The molecule has 1 aromatic heterocycles. The minimum atomic E-state index is -0.0636. The summed E-state index contributed by atoms with van der Waals surface area (Å²) in [6.45, 7) is 1.39. The summed E-state index contributed by atoms with van der Waals surface area (Å²) in [4.78, 5) is 19.5. The summed E-state index contributed by atoms with van der Waals surface area (Å²) >= 11 is 0. The molecule has 0 bridgehead atoms. The van der Waals surface area contributed by atoms with Crippen molar-refractivity contribution >= 4 is 5.91 Å². The fourth-order valence-corrected chi connectivity index (χ4v) is 4.88. The number of rotatable bonds is 9. The predicted octanol–water partition coefficient (Wildman–Crippen LogP) is 5.74. The number of hydrogen-bond donors (Lipinski definition) is 0. The second-order valence-corrected chi connectivity index (χ2v) is 9.58. The number of imidazole rings is 1. The molecule has 2 heterocycles. The maximum Gasteiger partial charge on any atom is 0.273 e. The maximum absolute atomic E-state index is 13.1. The van der Waals surface area contributed by atoms with E-state index in [2.05, 4.69) is 21.7 Å². The summed E-state index contributed by atoms with van der Waals surface area (Å²) in [5, 5.41) is 0. The number of benzene rings is 3. The number of methoxy groups -OCH3 is 2. The molecule has 1 atom stereocenters. The van der Waals surface area contributed by atoms with E-state index in [1.807, 2.05) is 73.9 Å². The van der Waals surface area contributed by atoms with Gasteiger partial charge in [0, 0.05) is 38.7 Å². The van der Waals surface area contributed by atoms with Crippen LogP contribution >= 0.6 is 0 Å². The highest BCUT2D eigenvalue weighted by Crippen LogP contribution is 2.31. The largest absolute Gasteiger partial charge is 0.493 e. The Morgan fingerprint density at radius 1 is 0.974 bits per heavy atom. The number of ether oxygens (including phenoxy) is 3. The Hall–Kier alpha value is -4.26. The monoisotopic (exact) mass is 511 g/mol. The van der Waals surface area contributed by atoms with Gasteiger partial charge in [0.2, 0.25) is 0 Å². The lowest BCUT2D eigenvalue weighted by molar-refractivity contribution is 0.0791. The van der Waals surface area contributed by atoms with E-state index in [0.717, 1.165) is 42.3 Å². The van der Waals surface area contributed by atoms with Crippen LogP contribution in [0.4, 0.5) is 0 Å². The lowest BCUT2D eigenvalue weighted by Gasteiger charge is -2.24. The first-order chi connectivity index (χ1) is 18.5. The third-order valence-corrected chi connectivity index (χ3v) is 7.07. The van der Waals surface area contributed by atoms with Crippen molar-refractivity contribution in [1.29, 1.82) is 0 Å². The number of amides is 1. The van der Waals surface area contributed by atoms with Gasteiger partial charge in [-0.05, 0) is 60.4 Å². The van der Waals surface area contributed by atoms with Crippen molar-refractivity contribution in [3.63, 3.8) is 0 Å². The summed E-state index contributed by atoms with van der Waals surface area (Å²) in [7, 11) is 5.07. The SMILES string of the molecule is COc1ccc(CCN(C)C(=O)c2cn3c(n2)CC[C@H](c2ccc(Oc4ccccc4)cc2)C3)cc1OC. The maximum atomic E-state index is 13.1. The fraction of sp³-hybridized carbons (Fsp3) is 0.290. The van der Waals surface area contributed by atoms with Crippen LogP contribution < -0.4 is 14.2 Å². The van der Waals surface area contributed by atoms with Gasteiger partial charge in [-0.1, -0.05) is 36.4 Å². The van der Waals surface area contributed by atoms with Gasteiger partial charge in [0.1, 0.15) is 23.0 Å². The quantitative estimate of drug-likeness (QED) is 0.287. The average molecular weight is 512 g/mol. The zero-order valence-electron chi connectivity index (χ0n) is 22.1. The lowest BCUT2D eigenvalue weighted by Crippen LogP contribution is -2.29. The molecule has 0 aliphatic carbocycles. The van der Waals surface area contributed by atoms with E-state index in [0.29, 0.717) is 36.1 Å². The minimum Gasteiger partial charge on any atom is -0.493 e. The molecule has 5 rings (SSSR count). The van der Waals surface area contributed by atoms with Crippen molar-refractivity contribution in [2.24, 2.45) is 0 Å². The van der Waals surface area contributed by atoms with E-state index >= 15 is 0 Å². The number of carbonyl (C=O) groups excluding carboxylic acids is 1. The van der Waals surface area contributed by atoms with Crippen LogP contribution in [0.15, 0.2) is 79.0 Å². The van der Waals surface area contributed by atoms with Crippen LogP contribution in [0.25, 0.3) is 0 Å². The molecule has 0 spiro atoms. The molecule has 0 saturated carbocycles. The van der Waals surface area contributed by atoms with E-state index in [1.165, 1.54) is 5.56 Å². The molecule has 7 nitrogen and oxygen atoms in total. The van der Waals surface area contributed by atoms with E-state index in [-0.39, 0.29) is 5.91 Å². The first-order valence-electron chi connectivity index (χ1n) is 12.9. The Labute approximate surface area is 223 Å². The van der Waals surface area contributed by atoms with Crippen molar-refractivity contribution in [1.82, 2.24) is 14.5 Å². The van der Waals surface area contributed by atoms with Gasteiger partial charge in [-0.3, -0.25) is 4.79 Å². The molecule has 0 saturated heterocycles. The number of para-hydroxylation sites is 1. The topological polar surface area (TPSA) is 65.8 Å². The summed E-state index contributed by atoms with van der Waals surface area (Å²) in [5.41, 5.74) is 2.85. The van der Waals surface area contributed by atoms with E-state index in [9.17, 15) is 4.79 Å². The first kappa shape index (κ1) is 25.4. The molecule has 7 heteroatoms. The van der Waals surface area contributed by atoms with Gasteiger partial charge >= 0.3 is 0 Å². The zero-order valence-corrected chi connectivity index (χ0v) is 22.1. The molecule has 0 fully saturated rings. The van der Waals surface area contributed by atoms with Crippen LogP contribution in [0, 0.1) is 0 Å². The standard InChI is InChI=1S/C31H33N3O4/c1-33(18-17-22-9-15-28(36-2)29(19-22)37-3)31(35)27-21-34-20-24(12-16-30(34)32-27)23-10-13-26(14-11-23)38-25-7-5-4-6-8-25/h4-11,13-15,19,21,24H,12,16-18,20H2,1-3H3/t24-/m0/s1. The number of fused-ring (bicyclic) bond motifs is 1. The van der Waals surface area contributed by atoms with Crippen molar-refractivity contribution in [3.05, 3.63) is 102 Å². The lowest BCUT2D eigenvalue weighted by atomic mass is 9.91.